The first-order valence-corrected chi connectivity index (χ1v) is 6.68. The van der Waals surface area contributed by atoms with Crippen LogP contribution in [0.5, 0.6) is 0 Å². The first kappa shape index (κ1) is 15.2. The number of nitrogens with one attached hydrogen (secondary N) is 1. The van der Waals surface area contributed by atoms with Crippen molar-refractivity contribution in [2.45, 2.75) is 33.1 Å². The van der Waals surface area contributed by atoms with E-state index in [2.05, 4.69) is 30.1 Å². The number of amides is 1. The van der Waals surface area contributed by atoms with Gasteiger partial charge in [0, 0.05) is 19.0 Å². The number of piperidine rings is 1. The molecule has 0 bridgehead atoms. The van der Waals surface area contributed by atoms with E-state index in [9.17, 15) is 9.90 Å². The predicted octanol–water partition coefficient (Wildman–Crippen LogP) is 1.16. The van der Waals surface area contributed by atoms with Crippen molar-refractivity contribution >= 4 is 5.91 Å². The number of carbonyl (C=O) groups is 1. The average Bonchev–Trinajstić information content (AvgIpc) is 2.36. The van der Waals surface area contributed by atoms with Gasteiger partial charge in [0.25, 0.3) is 0 Å². The zero-order valence-corrected chi connectivity index (χ0v) is 11.8. The molecule has 0 aliphatic carbocycles. The summed E-state index contributed by atoms with van der Waals surface area (Å²) in [7, 11) is 1.66. The predicted molar refractivity (Wildman–Crippen MR) is 73.3 cm³/mol. The fourth-order valence-corrected chi connectivity index (χ4v) is 2.51. The highest BCUT2D eigenvalue weighted by atomic mass is 16.3. The lowest BCUT2D eigenvalue weighted by molar-refractivity contribution is -0.122. The van der Waals surface area contributed by atoms with E-state index in [-0.39, 0.29) is 17.9 Å². The Labute approximate surface area is 110 Å². The number of likely N-dealkylation sites (N-methyl/N-ethyl adjacent to an activating group) is 1. The second-order valence-corrected chi connectivity index (χ2v) is 5.63. The first-order chi connectivity index (χ1) is 8.51. The maximum absolute atomic E-state index is 11.4. The van der Waals surface area contributed by atoms with Crippen LogP contribution < -0.4 is 5.32 Å². The number of hydrogen-bond donors (Lipinski definition) is 2. The molecular formula is C14H26N2O2. The highest BCUT2D eigenvalue weighted by Crippen LogP contribution is 2.33. The second-order valence-electron chi connectivity index (χ2n) is 5.63. The lowest BCUT2D eigenvalue weighted by Gasteiger charge is -2.41. The molecule has 104 valence electrons. The molecule has 1 heterocycles. The topological polar surface area (TPSA) is 52.6 Å². The maximum Gasteiger partial charge on any atom is 0.233 e. The Morgan fingerprint density at radius 3 is 2.78 bits per heavy atom. The van der Waals surface area contributed by atoms with Crippen molar-refractivity contribution in [3.8, 4) is 0 Å². The molecule has 2 N–H and O–H groups in total. The van der Waals surface area contributed by atoms with E-state index in [1.54, 1.807) is 7.05 Å². The van der Waals surface area contributed by atoms with Crippen molar-refractivity contribution in [1.82, 2.24) is 10.2 Å². The van der Waals surface area contributed by atoms with Gasteiger partial charge in [0.05, 0.1) is 13.2 Å². The van der Waals surface area contributed by atoms with E-state index in [0.29, 0.717) is 6.54 Å². The van der Waals surface area contributed by atoms with Gasteiger partial charge in [-0.05, 0) is 39.7 Å². The highest BCUT2D eigenvalue weighted by molar-refractivity contribution is 5.77. The number of likely N-dealkylation sites (tertiary alicyclic amines) is 1. The van der Waals surface area contributed by atoms with Gasteiger partial charge in [-0.3, -0.25) is 9.69 Å². The smallest absolute Gasteiger partial charge is 0.233 e. The largest absolute Gasteiger partial charge is 0.396 e. The molecule has 1 unspecified atom stereocenters. The van der Waals surface area contributed by atoms with E-state index in [1.165, 1.54) is 5.57 Å². The number of rotatable bonds is 5. The quantitative estimate of drug-likeness (QED) is 0.724. The molecule has 0 aromatic heterocycles. The van der Waals surface area contributed by atoms with Crippen LogP contribution in [-0.2, 0) is 4.79 Å². The van der Waals surface area contributed by atoms with E-state index in [1.807, 2.05) is 0 Å². The molecule has 4 nitrogen and oxygen atoms in total. The maximum atomic E-state index is 11.4. The molecule has 1 saturated heterocycles. The third-order valence-electron chi connectivity index (χ3n) is 3.67. The Balaban J connectivity index is 2.63. The first-order valence-electron chi connectivity index (χ1n) is 6.68. The lowest BCUT2D eigenvalue weighted by atomic mass is 9.77. The van der Waals surface area contributed by atoms with Crippen molar-refractivity contribution in [2.24, 2.45) is 5.41 Å². The van der Waals surface area contributed by atoms with Crippen LogP contribution in [0.15, 0.2) is 11.6 Å². The Bertz CT molecular complexity index is 311. The van der Waals surface area contributed by atoms with E-state index < -0.39 is 0 Å². The van der Waals surface area contributed by atoms with Crippen LogP contribution in [0.4, 0.5) is 0 Å². The minimum Gasteiger partial charge on any atom is -0.396 e. The molecule has 1 fully saturated rings. The highest BCUT2D eigenvalue weighted by Gasteiger charge is 2.34. The number of aliphatic hydroxyl groups excluding tert-OH is 1. The standard InChI is InChI=1S/C14H26N2O2/c1-12(2)5-7-14(11-17)6-4-8-16(10-14)9-13(18)15-3/h5,17H,4,6-11H2,1-3H3,(H,15,18). The molecule has 1 atom stereocenters. The van der Waals surface area contributed by atoms with Gasteiger partial charge in [0.15, 0.2) is 0 Å². The van der Waals surface area contributed by atoms with E-state index >= 15 is 0 Å². The van der Waals surface area contributed by atoms with Crippen molar-refractivity contribution in [3.63, 3.8) is 0 Å². The van der Waals surface area contributed by atoms with Crippen LogP contribution in [0.2, 0.25) is 0 Å². The number of hydrogen-bond acceptors (Lipinski definition) is 3. The summed E-state index contributed by atoms with van der Waals surface area (Å²) in [6, 6.07) is 0. The van der Waals surface area contributed by atoms with Gasteiger partial charge in [-0.1, -0.05) is 11.6 Å². The van der Waals surface area contributed by atoms with Crippen LogP contribution in [0.25, 0.3) is 0 Å². The second kappa shape index (κ2) is 6.90. The molecular weight excluding hydrogens is 228 g/mol. The fraction of sp³-hybridized carbons (Fsp3) is 0.786. The molecule has 18 heavy (non-hydrogen) atoms. The summed E-state index contributed by atoms with van der Waals surface area (Å²) in [6.45, 7) is 6.55. The summed E-state index contributed by atoms with van der Waals surface area (Å²) in [4.78, 5) is 13.6. The minimum absolute atomic E-state index is 0.0472. The Morgan fingerprint density at radius 1 is 1.50 bits per heavy atom. The third kappa shape index (κ3) is 4.42. The van der Waals surface area contributed by atoms with E-state index in [0.717, 1.165) is 32.4 Å². The zero-order chi connectivity index (χ0) is 13.6. The number of aliphatic hydroxyl groups is 1. The number of allylic oxidation sites excluding steroid dienone is 2. The fourth-order valence-electron chi connectivity index (χ4n) is 2.51. The summed E-state index contributed by atoms with van der Waals surface area (Å²) < 4.78 is 0. The summed E-state index contributed by atoms with van der Waals surface area (Å²) >= 11 is 0. The molecule has 0 radical (unpaired) electrons. The van der Waals surface area contributed by atoms with Gasteiger partial charge in [-0.2, -0.15) is 0 Å². The molecule has 0 aromatic rings. The van der Waals surface area contributed by atoms with Crippen LogP contribution in [0.1, 0.15) is 33.1 Å². The average molecular weight is 254 g/mol. The summed E-state index contributed by atoms with van der Waals surface area (Å²) in [5.74, 6) is 0.0472. The summed E-state index contributed by atoms with van der Waals surface area (Å²) in [5, 5.41) is 12.4. The number of nitrogens with zero attached hydrogens (tertiary/aromatic N) is 1. The number of carbonyl (C=O) groups excluding carboxylic acids is 1. The van der Waals surface area contributed by atoms with E-state index in [4.69, 9.17) is 0 Å². The summed E-state index contributed by atoms with van der Waals surface area (Å²) in [6.07, 6.45) is 5.18. The molecule has 0 aromatic carbocycles. The monoisotopic (exact) mass is 254 g/mol. The van der Waals surface area contributed by atoms with Crippen LogP contribution in [0, 0.1) is 5.41 Å². The molecule has 4 heteroatoms. The lowest BCUT2D eigenvalue weighted by Crippen LogP contribution is -2.48. The van der Waals surface area contributed by atoms with Crippen LogP contribution >= 0.6 is 0 Å². The molecule has 1 aliphatic rings. The Kier molecular flexibility index (Phi) is 5.82. The van der Waals surface area contributed by atoms with Gasteiger partial charge in [-0.25, -0.2) is 0 Å². The third-order valence-corrected chi connectivity index (χ3v) is 3.67. The van der Waals surface area contributed by atoms with Crippen molar-refractivity contribution in [1.29, 1.82) is 0 Å². The van der Waals surface area contributed by atoms with Crippen molar-refractivity contribution in [3.05, 3.63) is 11.6 Å². The van der Waals surface area contributed by atoms with Gasteiger partial charge >= 0.3 is 0 Å². The molecule has 0 saturated carbocycles. The van der Waals surface area contributed by atoms with Crippen LogP contribution in [0.3, 0.4) is 0 Å². The molecule has 1 rings (SSSR count). The van der Waals surface area contributed by atoms with Gasteiger partial charge < -0.3 is 10.4 Å². The Hall–Kier alpha value is -0.870. The normalized spacial score (nSPS) is 24.7. The van der Waals surface area contributed by atoms with Gasteiger partial charge in [-0.15, -0.1) is 0 Å². The molecule has 0 spiro atoms. The van der Waals surface area contributed by atoms with Crippen molar-refractivity contribution < 1.29 is 9.90 Å². The SMILES string of the molecule is CNC(=O)CN1CCCC(CO)(CC=C(C)C)C1. The summed E-state index contributed by atoms with van der Waals surface area (Å²) in [5.41, 5.74) is 1.22. The van der Waals surface area contributed by atoms with Crippen molar-refractivity contribution in [2.75, 3.05) is 33.3 Å². The minimum atomic E-state index is -0.0659. The van der Waals surface area contributed by atoms with Gasteiger partial charge in [0.2, 0.25) is 5.91 Å². The Morgan fingerprint density at radius 2 is 2.22 bits per heavy atom. The van der Waals surface area contributed by atoms with Crippen LogP contribution in [-0.4, -0.2) is 49.2 Å². The van der Waals surface area contributed by atoms with Gasteiger partial charge in [0.1, 0.15) is 0 Å². The molecule has 1 amide bonds. The zero-order valence-electron chi connectivity index (χ0n) is 11.8. The molecule has 1 aliphatic heterocycles.